The lowest BCUT2D eigenvalue weighted by atomic mass is 10.0. The van der Waals surface area contributed by atoms with E-state index in [0.717, 1.165) is 0 Å². The number of carboxylic acids is 1. The summed E-state index contributed by atoms with van der Waals surface area (Å²) in [6, 6.07) is 0.878. The molecule has 6 nitrogen and oxygen atoms in total. The summed E-state index contributed by atoms with van der Waals surface area (Å²) in [7, 11) is 0. The van der Waals surface area contributed by atoms with Crippen molar-refractivity contribution in [1.82, 2.24) is 10.6 Å². The molecule has 0 spiro atoms. The molecule has 1 aromatic heterocycles. The molecule has 3 N–H and O–H groups in total. The van der Waals surface area contributed by atoms with Crippen molar-refractivity contribution in [2.75, 3.05) is 6.54 Å². The highest BCUT2D eigenvalue weighted by Gasteiger charge is 2.20. The van der Waals surface area contributed by atoms with Gasteiger partial charge in [-0.25, -0.2) is 4.79 Å². The number of carbonyl (C=O) groups is 3. The van der Waals surface area contributed by atoms with E-state index in [-0.39, 0.29) is 24.2 Å². The van der Waals surface area contributed by atoms with Crippen LogP contribution in [0.3, 0.4) is 0 Å². The highest BCUT2D eigenvalue weighted by atomic mass is 32.1. The van der Waals surface area contributed by atoms with Gasteiger partial charge in [-0.1, -0.05) is 13.8 Å². The largest absolute Gasteiger partial charge is 0.480 e. The van der Waals surface area contributed by atoms with E-state index in [4.69, 9.17) is 5.11 Å². The minimum Gasteiger partial charge on any atom is -0.480 e. The van der Waals surface area contributed by atoms with Gasteiger partial charge in [0.1, 0.15) is 6.04 Å². The Balaban J connectivity index is 2.25. The summed E-state index contributed by atoms with van der Waals surface area (Å²) in [4.78, 5) is 34.4. The zero-order valence-corrected chi connectivity index (χ0v) is 13.6. The van der Waals surface area contributed by atoms with E-state index >= 15 is 0 Å². The van der Waals surface area contributed by atoms with Gasteiger partial charge in [-0.05, 0) is 30.2 Å². The second-order valence-electron chi connectivity index (χ2n) is 5.46. The lowest BCUT2D eigenvalue weighted by Crippen LogP contribution is -2.41. The number of amides is 2. The minimum atomic E-state index is -1.02. The molecular weight excluding hydrogens is 304 g/mol. The first-order valence-electron chi connectivity index (χ1n) is 7.22. The van der Waals surface area contributed by atoms with Crippen molar-refractivity contribution in [1.29, 1.82) is 0 Å². The number of nitrogens with one attached hydrogen (secondary N) is 2. The van der Waals surface area contributed by atoms with Crippen LogP contribution in [0.1, 0.15) is 43.5 Å². The summed E-state index contributed by atoms with van der Waals surface area (Å²) in [5, 5.41) is 17.9. The second kappa shape index (κ2) is 9.19. The Labute approximate surface area is 133 Å². The third-order valence-corrected chi connectivity index (χ3v) is 3.67. The van der Waals surface area contributed by atoms with Gasteiger partial charge in [-0.3, -0.25) is 9.59 Å². The number of carboxylic acid groups (broad SMARTS) is 1. The molecule has 0 unspecified atom stereocenters. The summed E-state index contributed by atoms with van der Waals surface area (Å²) in [6.07, 6.45) is 1.05. The van der Waals surface area contributed by atoms with Crippen LogP contribution >= 0.6 is 11.3 Å². The molecule has 0 radical (unpaired) electrons. The first kappa shape index (κ1) is 18.2. The summed E-state index contributed by atoms with van der Waals surface area (Å²) < 4.78 is 0. The van der Waals surface area contributed by atoms with Crippen LogP contribution in [-0.4, -0.2) is 35.5 Å². The maximum absolute atomic E-state index is 11.7. The number of rotatable bonds is 9. The van der Waals surface area contributed by atoms with Gasteiger partial charge in [0.2, 0.25) is 5.91 Å². The molecule has 122 valence electrons. The van der Waals surface area contributed by atoms with Crippen molar-refractivity contribution in [2.45, 2.75) is 39.2 Å². The van der Waals surface area contributed by atoms with E-state index in [9.17, 15) is 14.4 Å². The lowest BCUT2D eigenvalue weighted by Gasteiger charge is -2.16. The number of aliphatic carboxylic acids is 1. The molecule has 1 rings (SSSR count). The monoisotopic (exact) mass is 326 g/mol. The summed E-state index contributed by atoms with van der Waals surface area (Å²) in [5.41, 5.74) is 0.609. The molecule has 0 fully saturated rings. The predicted molar refractivity (Wildman–Crippen MR) is 84.9 cm³/mol. The number of carbonyl (C=O) groups excluding carboxylic acids is 2. The summed E-state index contributed by atoms with van der Waals surface area (Å²) >= 11 is 1.45. The molecule has 22 heavy (non-hydrogen) atoms. The first-order chi connectivity index (χ1) is 10.4. The summed E-state index contributed by atoms with van der Waals surface area (Å²) in [6.45, 7) is 4.19. The smallest absolute Gasteiger partial charge is 0.326 e. The normalized spacial score (nSPS) is 12.0. The Morgan fingerprint density at radius 1 is 1.32 bits per heavy atom. The van der Waals surface area contributed by atoms with Crippen molar-refractivity contribution in [2.24, 2.45) is 5.92 Å². The molecule has 1 atom stereocenters. The fourth-order valence-electron chi connectivity index (χ4n) is 1.91. The van der Waals surface area contributed by atoms with Crippen LogP contribution in [0.2, 0.25) is 0 Å². The quantitative estimate of drug-likeness (QED) is 0.604. The lowest BCUT2D eigenvalue weighted by molar-refractivity contribution is -0.142. The third kappa shape index (κ3) is 6.71. The average molecular weight is 326 g/mol. The average Bonchev–Trinajstić information content (AvgIpc) is 2.96. The second-order valence-corrected chi connectivity index (χ2v) is 6.24. The van der Waals surface area contributed by atoms with E-state index in [2.05, 4.69) is 10.6 Å². The van der Waals surface area contributed by atoms with Crippen LogP contribution in [0, 0.1) is 5.92 Å². The fourth-order valence-corrected chi connectivity index (χ4v) is 2.54. The fraction of sp³-hybridized carbons (Fsp3) is 0.533. The van der Waals surface area contributed by atoms with Gasteiger partial charge < -0.3 is 15.7 Å². The van der Waals surface area contributed by atoms with E-state index in [1.165, 1.54) is 11.3 Å². The molecule has 7 heteroatoms. The minimum absolute atomic E-state index is 0.162. The van der Waals surface area contributed by atoms with Crippen molar-refractivity contribution < 1.29 is 19.5 Å². The third-order valence-electron chi connectivity index (χ3n) is 2.99. The zero-order valence-electron chi connectivity index (χ0n) is 12.8. The molecule has 0 aliphatic carbocycles. The van der Waals surface area contributed by atoms with Gasteiger partial charge in [0.25, 0.3) is 5.91 Å². The van der Waals surface area contributed by atoms with Gasteiger partial charge in [0.15, 0.2) is 0 Å². The number of hydrogen-bond donors (Lipinski definition) is 3. The van der Waals surface area contributed by atoms with Crippen LogP contribution in [0.4, 0.5) is 0 Å². The number of thiophene rings is 1. The van der Waals surface area contributed by atoms with Gasteiger partial charge >= 0.3 is 5.97 Å². The Bertz CT molecular complexity index is 500. The highest BCUT2D eigenvalue weighted by Crippen LogP contribution is 2.06. The SMILES string of the molecule is CC(C)C[C@H](NC(=O)CCCNC(=O)c1ccsc1)C(=O)O. The Morgan fingerprint density at radius 3 is 2.59 bits per heavy atom. The van der Waals surface area contributed by atoms with Crippen molar-refractivity contribution >= 4 is 29.1 Å². The van der Waals surface area contributed by atoms with Crippen LogP contribution in [0.15, 0.2) is 16.8 Å². The summed E-state index contributed by atoms with van der Waals surface area (Å²) in [5.74, 6) is -1.30. The maximum Gasteiger partial charge on any atom is 0.326 e. The van der Waals surface area contributed by atoms with Crippen LogP contribution in [-0.2, 0) is 9.59 Å². The predicted octanol–water partition coefficient (Wildman–Crippen LogP) is 1.87. The molecule has 0 aliphatic heterocycles. The zero-order chi connectivity index (χ0) is 16.5. The molecular formula is C15H22N2O4S. The Hall–Kier alpha value is -1.89. The standard InChI is InChI=1S/C15H22N2O4S/c1-10(2)8-12(15(20)21)17-13(18)4-3-6-16-14(19)11-5-7-22-9-11/h5,7,9-10,12H,3-4,6,8H2,1-2H3,(H,16,19)(H,17,18)(H,20,21)/t12-/m0/s1. The van der Waals surface area contributed by atoms with Gasteiger partial charge in [0.05, 0.1) is 0 Å². The molecule has 2 amide bonds. The topological polar surface area (TPSA) is 95.5 Å². The van der Waals surface area contributed by atoms with Crippen molar-refractivity contribution in [3.05, 3.63) is 22.4 Å². The van der Waals surface area contributed by atoms with Gasteiger partial charge in [0, 0.05) is 23.9 Å². The maximum atomic E-state index is 11.7. The Kier molecular flexibility index (Phi) is 7.59. The van der Waals surface area contributed by atoms with Gasteiger partial charge in [-0.15, -0.1) is 0 Å². The van der Waals surface area contributed by atoms with E-state index < -0.39 is 12.0 Å². The van der Waals surface area contributed by atoms with Crippen molar-refractivity contribution in [3.8, 4) is 0 Å². The first-order valence-corrected chi connectivity index (χ1v) is 8.17. The molecule has 1 heterocycles. The molecule has 0 aromatic carbocycles. The van der Waals surface area contributed by atoms with Crippen LogP contribution in [0.5, 0.6) is 0 Å². The molecule has 1 aromatic rings. The molecule has 0 saturated carbocycles. The molecule has 0 bridgehead atoms. The van der Waals surface area contributed by atoms with E-state index in [1.54, 1.807) is 11.4 Å². The molecule has 0 aliphatic rings. The van der Waals surface area contributed by atoms with E-state index in [0.29, 0.717) is 24.9 Å². The highest BCUT2D eigenvalue weighted by molar-refractivity contribution is 7.08. The number of hydrogen-bond acceptors (Lipinski definition) is 4. The molecule has 0 saturated heterocycles. The van der Waals surface area contributed by atoms with Crippen molar-refractivity contribution in [3.63, 3.8) is 0 Å². The van der Waals surface area contributed by atoms with E-state index in [1.807, 2.05) is 19.2 Å². The van der Waals surface area contributed by atoms with Crippen LogP contribution in [0.25, 0.3) is 0 Å². The Morgan fingerprint density at radius 2 is 2.05 bits per heavy atom. The van der Waals surface area contributed by atoms with Crippen LogP contribution < -0.4 is 10.6 Å². The van der Waals surface area contributed by atoms with Gasteiger partial charge in [-0.2, -0.15) is 11.3 Å².